The van der Waals surface area contributed by atoms with Crippen LogP contribution in [0.2, 0.25) is 0 Å². The molecule has 1 amide bonds. The van der Waals surface area contributed by atoms with Gasteiger partial charge in [-0.25, -0.2) is 13.4 Å². The van der Waals surface area contributed by atoms with Crippen molar-refractivity contribution in [3.8, 4) is 0 Å². The number of fused-ring (bicyclic) bond motifs is 1. The molecule has 1 unspecified atom stereocenters. The highest BCUT2D eigenvalue weighted by Gasteiger charge is 2.34. The second-order valence-corrected chi connectivity index (χ2v) is 10.4. The van der Waals surface area contributed by atoms with Crippen LogP contribution in [0.3, 0.4) is 0 Å². The van der Waals surface area contributed by atoms with Crippen LogP contribution in [0.4, 0.5) is 0 Å². The van der Waals surface area contributed by atoms with Crippen molar-refractivity contribution in [1.29, 1.82) is 0 Å². The summed E-state index contributed by atoms with van der Waals surface area (Å²) in [5, 5.41) is 1.88. The summed E-state index contributed by atoms with van der Waals surface area (Å²) in [6, 6.07) is 11.6. The standard InChI is InChI=1S/C19H24N2O3S2/c1-14(2)11-21(16-9-10-26(23,24)13-16)19(22)12-25-18-8-7-15-5-3-4-6-17(15)20-18/h3-8,14,16H,9-13H2,1-2H3. The van der Waals surface area contributed by atoms with Gasteiger partial charge in [0.15, 0.2) is 9.84 Å². The van der Waals surface area contributed by atoms with Crippen LogP contribution >= 0.6 is 11.8 Å². The highest BCUT2D eigenvalue weighted by atomic mass is 32.2. The highest BCUT2D eigenvalue weighted by Crippen LogP contribution is 2.23. The first-order valence-electron chi connectivity index (χ1n) is 8.82. The molecule has 140 valence electrons. The fourth-order valence-corrected chi connectivity index (χ4v) is 5.71. The van der Waals surface area contributed by atoms with Gasteiger partial charge in [0, 0.05) is 18.0 Å². The van der Waals surface area contributed by atoms with Crippen molar-refractivity contribution >= 4 is 38.4 Å². The van der Waals surface area contributed by atoms with E-state index in [2.05, 4.69) is 4.98 Å². The van der Waals surface area contributed by atoms with Gasteiger partial charge >= 0.3 is 0 Å². The zero-order valence-electron chi connectivity index (χ0n) is 15.1. The number of carbonyl (C=O) groups is 1. The minimum Gasteiger partial charge on any atom is -0.338 e. The van der Waals surface area contributed by atoms with E-state index in [1.54, 1.807) is 4.90 Å². The first kappa shape index (κ1) is 19.2. The van der Waals surface area contributed by atoms with Crippen molar-refractivity contribution < 1.29 is 13.2 Å². The molecular weight excluding hydrogens is 368 g/mol. The monoisotopic (exact) mass is 392 g/mol. The molecule has 0 N–H and O–H groups in total. The number of carbonyl (C=O) groups excluding carboxylic acids is 1. The van der Waals surface area contributed by atoms with Gasteiger partial charge in [-0.05, 0) is 24.5 Å². The van der Waals surface area contributed by atoms with Crippen molar-refractivity contribution in [3.05, 3.63) is 36.4 Å². The Hall–Kier alpha value is -1.60. The minimum absolute atomic E-state index is 0.0132. The molecule has 7 heteroatoms. The quantitative estimate of drug-likeness (QED) is 0.707. The molecular formula is C19H24N2O3S2. The van der Waals surface area contributed by atoms with Crippen LogP contribution in [0.15, 0.2) is 41.4 Å². The molecule has 1 aromatic carbocycles. The zero-order valence-corrected chi connectivity index (χ0v) is 16.7. The number of amides is 1. The summed E-state index contributed by atoms with van der Waals surface area (Å²) in [7, 11) is -3.01. The van der Waals surface area contributed by atoms with E-state index in [-0.39, 0.29) is 29.2 Å². The van der Waals surface area contributed by atoms with Crippen molar-refractivity contribution in [2.24, 2.45) is 5.92 Å². The first-order valence-corrected chi connectivity index (χ1v) is 11.6. The second kappa shape index (κ2) is 7.96. The summed E-state index contributed by atoms with van der Waals surface area (Å²) in [6.45, 7) is 4.67. The normalized spacial score (nSPS) is 19.1. The highest BCUT2D eigenvalue weighted by molar-refractivity contribution is 7.99. The predicted molar refractivity (Wildman–Crippen MR) is 106 cm³/mol. The fourth-order valence-electron chi connectivity index (χ4n) is 3.22. The topological polar surface area (TPSA) is 67.3 Å². The van der Waals surface area contributed by atoms with Gasteiger partial charge in [-0.3, -0.25) is 4.79 Å². The van der Waals surface area contributed by atoms with Gasteiger partial charge in [-0.2, -0.15) is 0 Å². The maximum atomic E-state index is 12.8. The predicted octanol–water partition coefficient (Wildman–Crippen LogP) is 3.00. The van der Waals surface area contributed by atoms with E-state index in [0.717, 1.165) is 15.9 Å². The lowest BCUT2D eigenvalue weighted by molar-refractivity contribution is -0.130. The van der Waals surface area contributed by atoms with Gasteiger partial charge in [0.2, 0.25) is 5.91 Å². The number of nitrogens with zero attached hydrogens (tertiary/aromatic N) is 2. The number of aromatic nitrogens is 1. The van der Waals surface area contributed by atoms with Crippen LogP contribution in [-0.2, 0) is 14.6 Å². The molecule has 1 atom stereocenters. The van der Waals surface area contributed by atoms with Gasteiger partial charge < -0.3 is 4.90 Å². The average molecular weight is 393 g/mol. The Morgan fingerprint density at radius 2 is 2.04 bits per heavy atom. The molecule has 0 saturated carbocycles. The lowest BCUT2D eigenvalue weighted by Gasteiger charge is -2.29. The Bertz CT molecular complexity index is 897. The van der Waals surface area contributed by atoms with E-state index >= 15 is 0 Å². The third-order valence-electron chi connectivity index (χ3n) is 4.45. The molecule has 1 saturated heterocycles. The third kappa shape index (κ3) is 4.76. The first-order chi connectivity index (χ1) is 12.3. The summed E-state index contributed by atoms with van der Waals surface area (Å²) in [4.78, 5) is 19.1. The lowest BCUT2D eigenvalue weighted by Crippen LogP contribution is -2.44. The van der Waals surface area contributed by atoms with Crippen molar-refractivity contribution in [2.45, 2.75) is 31.3 Å². The lowest BCUT2D eigenvalue weighted by atomic mass is 10.1. The van der Waals surface area contributed by atoms with Crippen LogP contribution in [0.25, 0.3) is 10.9 Å². The van der Waals surface area contributed by atoms with E-state index in [1.165, 1.54) is 11.8 Å². The van der Waals surface area contributed by atoms with Gasteiger partial charge in [0.25, 0.3) is 0 Å². The van der Waals surface area contributed by atoms with E-state index in [9.17, 15) is 13.2 Å². The zero-order chi connectivity index (χ0) is 18.7. The van der Waals surface area contributed by atoms with Crippen molar-refractivity contribution in [1.82, 2.24) is 9.88 Å². The summed E-state index contributed by atoms with van der Waals surface area (Å²) in [5.41, 5.74) is 0.908. The Kier molecular flexibility index (Phi) is 5.87. The Morgan fingerprint density at radius 1 is 1.27 bits per heavy atom. The number of pyridine rings is 1. The summed E-state index contributed by atoms with van der Waals surface area (Å²) >= 11 is 1.41. The molecule has 5 nitrogen and oxygen atoms in total. The number of hydrogen-bond donors (Lipinski definition) is 0. The Balaban J connectivity index is 1.68. The van der Waals surface area contributed by atoms with Gasteiger partial charge in [0.1, 0.15) is 0 Å². The number of thioether (sulfide) groups is 1. The average Bonchev–Trinajstić information content (AvgIpc) is 2.97. The van der Waals surface area contributed by atoms with Crippen molar-refractivity contribution in [2.75, 3.05) is 23.8 Å². The smallest absolute Gasteiger partial charge is 0.233 e. The second-order valence-electron chi connectivity index (χ2n) is 7.13. The fraction of sp³-hybridized carbons (Fsp3) is 0.474. The third-order valence-corrected chi connectivity index (χ3v) is 7.11. The molecule has 0 spiro atoms. The number of para-hydroxylation sites is 1. The van der Waals surface area contributed by atoms with Gasteiger partial charge in [0.05, 0.1) is 27.8 Å². The van der Waals surface area contributed by atoms with E-state index in [0.29, 0.717) is 18.9 Å². The number of rotatable bonds is 6. The molecule has 2 heterocycles. The van der Waals surface area contributed by atoms with Gasteiger partial charge in [-0.1, -0.05) is 49.9 Å². The summed E-state index contributed by atoms with van der Waals surface area (Å²) in [6.07, 6.45) is 0.541. The van der Waals surface area contributed by atoms with Crippen LogP contribution in [0, 0.1) is 5.92 Å². The molecule has 26 heavy (non-hydrogen) atoms. The van der Waals surface area contributed by atoms with Crippen molar-refractivity contribution in [3.63, 3.8) is 0 Å². The Labute approximate surface area is 159 Å². The molecule has 0 bridgehead atoms. The number of benzene rings is 1. The largest absolute Gasteiger partial charge is 0.338 e. The molecule has 1 aromatic heterocycles. The number of hydrogen-bond acceptors (Lipinski definition) is 5. The molecule has 3 rings (SSSR count). The summed E-state index contributed by atoms with van der Waals surface area (Å²) < 4.78 is 23.6. The van der Waals surface area contributed by atoms with Crippen LogP contribution < -0.4 is 0 Å². The molecule has 1 fully saturated rings. The SMILES string of the molecule is CC(C)CN(C(=O)CSc1ccc2ccccc2n1)C1CCS(=O)(=O)C1. The molecule has 1 aliphatic heterocycles. The molecule has 2 aromatic rings. The summed E-state index contributed by atoms with van der Waals surface area (Å²) in [5.74, 6) is 0.824. The number of sulfone groups is 1. The minimum atomic E-state index is -3.01. The van der Waals surface area contributed by atoms with Crippen LogP contribution in [0.5, 0.6) is 0 Å². The van der Waals surface area contributed by atoms with E-state index in [4.69, 9.17) is 0 Å². The van der Waals surface area contributed by atoms with Crippen LogP contribution in [-0.4, -0.2) is 54.1 Å². The Morgan fingerprint density at radius 3 is 2.73 bits per heavy atom. The molecule has 0 aliphatic carbocycles. The van der Waals surface area contributed by atoms with E-state index < -0.39 is 9.84 Å². The molecule has 1 aliphatic rings. The maximum Gasteiger partial charge on any atom is 0.233 e. The van der Waals surface area contributed by atoms with Gasteiger partial charge in [-0.15, -0.1) is 0 Å². The molecule has 0 radical (unpaired) electrons. The maximum absolute atomic E-state index is 12.8. The van der Waals surface area contributed by atoms with Crippen LogP contribution in [0.1, 0.15) is 20.3 Å². The van der Waals surface area contributed by atoms with E-state index in [1.807, 2.05) is 50.2 Å².